The summed E-state index contributed by atoms with van der Waals surface area (Å²) in [4.78, 5) is 39.0. The van der Waals surface area contributed by atoms with Crippen molar-refractivity contribution in [2.45, 2.75) is 51.7 Å². The van der Waals surface area contributed by atoms with Crippen LogP contribution in [0.4, 0.5) is 16.4 Å². The van der Waals surface area contributed by atoms with Crippen molar-refractivity contribution in [3.8, 4) is 0 Å². The van der Waals surface area contributed by atoms with E-state index in [2.05, 4.69) is 25.5 Å². The Kier molecular flexibility index (Phi) is 7.64. The van der Waals surface area contributed by atoms with Crippen LogP contribution in [0, 0.1) is 0 Å². The number of alkyl carbamates (subject to hydrolysis) is 1. The van der Waals surface area contributed by atoms with Gasteiger partial charge in [0.15, 0.2) is 0 Å². The predicted molar refractivity (Wildman–Crippen MR) is 136 cm³/mol. The van der Waals surface area contributed by atoms with E-state index < -0.39 is 17.7 Å². The van der Waals surface area contributed by atoms with Crippen LogP contribution in [0.15, 0.2) is 30.6 Å². The van der Waals surface area contributed by atoms with Crippen LogP contribution < -0.4 is 15.5 Å². The number of hydrogen-bond donors (Lipinski definition) is 2. The second kappa shape index (κ2) is 10.7. The summed E-state index contributed by atoms with van der Waals surface area (Å²) < 4.78 is 5.42. The highest BCUT2D eigenvalue weighted by atomic mass is 35.5. The Bertz CT molecular complexity index is 1050. The quantitative estimate of drug-likeness (QED) is 0.649. The minimum absolute atomic E-state index is 0.128. The molecular weight excluding hydrogens is 468 g/mol. The van der Waals surface area contributed by atoms with Crippen LogP contribution in [0.1, 0.15) is 38.3 Å². The molecule has 2 aliphatic rings. The number of nitrogens with zero attached hydrogens (tertiary/aromatic N) is 4. The number of rotatable bonds is 5. The third-order valence-corrected chi connectivity index (χ3v) is 6.30. The van der Waals surface area contributed by atoms with Gasteiger partial charge in [-0.15, -0.1) is 0 Å². The molecule has 1 aromatic carbocycles. The maximum absolute atomic E-state index is 13.5. The number of halogens is 1. The Morgan fingerprint density at radius 3 is 2.54 bits per heavy atom. The van der Waals surface area contributed by atoms with Gasteiger partial charge in [-0.1, -0.05) is 23.7 Å². The Morgan fingerprint density at radius 1 is 1.14 bits per heavy atom. The van der Waals surface area contributed by atoms with E-state index in [-0.39, 0.29) is 5.91 Å². The summed E-state index contributed by atoms with van der Waals surface area (Å²) in [5, 5.41) is 6.75. The number of ether oxygens (including phenoxy) is 1. The van der Waals surface area contributed by atoms with Crippen LogP contribution in [0.5, 0.6) is 0 Å². The number of nitrogens with one attached hydrogen (secondary N) is 2. The third kappa shape index (κ3) is 6.54. The monoisotopic (exact) mass is 500 g/mol. The Balaban J connectivity index is 1.44. The van der Waals surface area contributed by atoms with Gasteiger partial charge in [0.25, 0.3) is 0 Å². The lowest BCUT2D eigenvalue weighted by Crippen LogP contribution is -2.56. The first-order valence-corrected chi connectivity index (χ1v) is 12.4. The van der Waals surface area contributed by atoms with Gasteiger partial charge >= 0.3 is 6.09 Å². The first kappa shape index (κ1) is 25.0. The van der Waals surface area contributed by atoms with Gasteiger partial charge < -0.3 is 25.2 Å². The molecule has 9 nitrogen and oxygen atoms in total. The molecule has 4 rings (SSSR count). The molecule has 2 N–H and O–H groups in total. The lowest BCUT2D eigenvalue weighted by Gasteiger charge is -2.38. The maximum Gasteiger partial charge on any atom is 0.408 e. The standard InChI is InChI=1S/C25H33ClN6O3/c1-25(2,3)35-24(34)30-20(15-17-6-8-18(26)9-7-17)23(33)32-13-11-31(12-14-32)22-19-5-4-10-27-21(19)28-16-29-22/h6-9,16,20H,4-5,10-15H2,1-3H3,(H,30,34)(H,27,28,29). The average molecular weight is 501 g/mol. The number of anilines is 2. The number of amides is 2. The van der Waals surface area contributed by atoms with Crippen molar-refractivity contribution in [1.82, 2.24) is 20.2 Å². The molecule has 1 saturated heterocycles. The lowest BCUT2D eigenvalue weighted by molar-refractivity contribution is -0.133. The Morgan fingerprint density at radius 2 is 1.86 bits per heavy atom. The van der Waals surface area contributed by atoms with Crippen LogP contribution in [0.3, 0.4) is 0 Å². The molecule has 1 atom stereocenters. The molecule has 2 amide bonds. The zero-order valence-electron chi connectivity index (χ0n) is 20.5. The summed E-state index contributed by atoms with van der Waals surface area (Å²) in [5.41, 5.74) is 1.39. The zero-order valence-corrected chi connectivity index (χ0v) is 21.3. The molecule has 10 heteroatoms. The number of carbonyl (C=O) groups is 2. The fourth-order valence-electron chi connectivity index (χ4n) is 4.40. The van der Waals surface area contributed by atoms with Crippen molar-refractivity contribution in [3.63, 3.8) is 0 Å². The van der Waals surface area contributed by atoms with E-state index in [4.69, 9.17) is 16.3 Å². The second-order valence-corrected chi connectivity index (χ2v) is 10.3. The number of fused-ring (bicyclic) bond motifs is 1. The van der Waals surface area contributed by atoms with E-state index >= 15 is 0 Å². The van der Waals surface area contributed by atoms with Gasteiger partial charge in [-0.3, -0.25) is 4.79 Å². The summed E-state index contributed by atoms with van der Waals surface area (Å²) in [6, 6.07) is 6.55. The number of piperazine rings is 1. The van der Waals surface area contributed by atoms with E-state index in [9.17, 15) is 9.59 Å². The highest BCUT2D eigenvalue weighted by molar-refractivity contribution is 6.30. The number of aromatic nitrogens is 2. The van der Waals surface area contributed by atoms with Gasteiger partial charge in [0.1, 0.15) is 29.6 Å². The van der Waals surface area contributed by atoms with Gasteiger partial charge in [-0.2, -0.15) is 0 Å². The largest absolute Gasteiger partial charge is 0.444 e. The highest BCUT2D eigenvalue weighted by Crippen LogP contribution is 2.28. The van der Waals surface area contributed by atoms with Crippen molar-refractivity contribution in [1.29, 1.82) is 0 Å². The highest BCUT2D eigenvalue weighted by Gasteiger charge is 2.31. The first-order chi connectivity index (χ1) is 16.7. The van der Waals surface area contributed by atoms with Crippen molar-refractivity contribution in [3.05, 3.63) is 46.7 Å². The molecule has 188 valence electrons. The minimum atomic E-state index is -0.742. The van der Waals surface area contributed by atoms with Gasteiger partial charge in [0.2, 0.25) is 5.91 Å². The number of carbonyl (C=O) groups excluding carboxylic acids is 2. The predicted octanol–water partition coefficient (Wildman–Crippen LogP) is 3.27. The molecule has 0 bridgehead atoms. The van der Waals surface area contributed by atoms with Gasteiger partial charge in [-0.25, -0.2) is 14.8 Å². The summed E-state index contributed by atoms with van der Waals surface area (Å²) in [6.45, 7) is 8.71. The lowest BCUT2D eigenvalue weighted by atomic mass is 10.0. The first-order valence-electron chi connectivity index (χ1n) is 12.0. The molecule has 2 aliphatic heterocycles. The van der Waals surface area contributed by atoms with Crippen molar-refractivity contribution in [2.75, 3.05) is 42.9 Å². The van der Waals surface area contributed by atoms with E-state index in [1.54, 1.807) is 44.1 Å². The number of hydrogen-bond acceptors (Lipinski definition) is 7. The molecule has 0 saturated carbocycles. The average Bonchev–Trinajstić information content (AvgIpc) is 2.83. The SMILES string of the molecule is CC(C)(C)OC(=O)NC(Cc1ccc(Cl)cc1)C(=O)N1CCN(c2ncnc3c2CCCN3)CC1. The van der Waals surface area contributed by atoms with E-state index in [0.717, 1.165) is 42.1 Å². The molecule has 1 fully saturated rings. The fourth-order valence-corrected chi connectivity index (χ4v) is 4.52. The molecule has 3 heterocycles. The minimum Gasteiger partial charge on any atom is -0.444 e. The molecule has 0 spiro atoms. The van der Waals surface area contributed by atoms with Crippen molar-refractivity contribution < 1.29 is 14.3 Å². The molecule has 1 unspecified atom stereocenters. The topological polar surface area (TPSA) is 99.7 Å². The Labute approximate surface area is 211 Å². The van der Waals surface area contributed by atoms with Crippen molar-refractivity contribution >= 4 is 35.2 Å². The fraction of sp³-hybridized carbons (Fsp3) is 0.520. The third-order valence-electron chi connectivity index (χ3n) is 6.05. The summed E-state index contributed by atoms with van der Waals surface area (Å²) in [5.74, 6) is 1.72. The zero-order chi connectivity index (χ0) is 25.0. The summed E-state index contributed by atoms with van der Waals surface area (Å²) >= 11 is 6.02. The maximum atomic E-state index is 13.5. The molecule has 1 aromatic heterocycles. The smallest absolute Gasteiger partial charge is 0.408 e. The molecular formula is C25H33ClN6O3. The number of benzene rings is 1. The molecule has 0 aliphatic carbocycles. The van der Waals surface area contributed by atoms with Crippen molar-refractivity contribution in [2.24, 2.45) is 0 Å². The Hall–Kier alpha value is -3.07. The van der Waals surface area contributed by atoms with E-state index in [1.807, 2.05) is 12.1 Å². The van der Waals surface area contributed by atoms with E-state index in [1.165, 1.54) is 0 Å². The van der Waals surface area contributed by atoms with Crippen LogP contribution in [0.2, 0.25) is 5.02 Å². The molecule has 35 heavy (non-hydrogen) atoms. The molecule has 2 aromatic rings. The van der Waals surface area contributed by atoms with Crippen LogP contribution in [-0.4, -0.2) is 71.2 Å². The van der Waals surface area contributed by atoms with Gasteiger partial charge in [-0.05, 0) is 51.3 Å². The van der Waals surface area contributed by atoms with Crippen LogP contribution in [-0.2, 0) is 22.4 Å². The van der Waals surface area contributed by atoms with Crippen LogP contribution >= 0.6 is 11.6 Å². The van der Waals surface area contributed by atoms with E-state index in [0.29, 0.717) is 37.6 Å². The summed E-state index contributed by atoms with van der Waals surface area (Å²) in [6.07, 6.45) is 3.33. The second-order valence-electron chi connectivity index (χ2n) is 9.90. The van der Waals surface area contributed by atoms with Crippen LogP contribution in [0.25, 0.3) is 0 Å². The molecule has 0 radical (unpaired) electrons. The van der Waals surface area contributed by atoms with Gasteiger partial charge in [0.05, 0.1) is 0 Å². The normalized spacial score (nSPS) is 16.7. The van der Waals surface area contributed by atoms with Gasteiger partial charge in [0, 0.05) is 49.7 Å². The summed E-state index contributed by atoms with van der Waals surface area (Å²) in [7, 11) is 0.